The SMILES string of the molecule is CCC1(CC)C(=O)NC(=O)N(c2ccc(C)nc2C)C1=O. The van der Waals surface area contributed by atoms with Crippen LogP contribution in [0.2, 0.25) is 0 Å². The number of rotatable bonds is 3. The summed E-state index contributed by atoms with van der Waals surface area (Å²) in [5, 5.41) is 2.29. The molecule has 1 aliphatic rings. The Hall–Kier alpha value is -2.24. The second-order valence-corrected chi connectivity index (χ2v) is 5.25. The third-order valence-electron chi connectivity index (χ3n) is 4.12. The molecule has 2 rings (SSSR count). The van der Waals surface area contributed by atoms with Gasteiger partial charge in [0, 0.05) is 5.69 Å². The van der Waals surface area contributed by atoms with E-state index in [0.29, 0.717) is 24.2 Å². The number of barbiturate groups is 1. The molecule has 1 aromatic rings. The average molecular weight is 289 g/mol. The van der Waals surface area contributed by atoms with Gasteiger partial charge in [-0.25, -0.2) is 9.69 Å². The topological polar surface area (TPSA) is 79.4 Å². The molecular formula is C15H19N3O3. The molecule has 0 unspecified atom stereocenters. The maximum absolute atomic E-state index is 12.8. The molecule has 1 fully saturated rings. The van der Waals surface area contributed by atoms with Crippen molar-refractivity contribution >= 4 is 23.5 Å². The van der Waals surface area contributed by atoms with E-state index in [1.165, 1.54) is 0 Å². The third kappa shape index (κ3) is 2.20. The lowest BCUT2D eigenvalue weighted by molar-refractivity contribution is -0.143. The maximum Gasteiger partial charge on any atom is 0.335 e. The molecule has 0 aliphatic carbocycles. The number of hydrogen-bond donors (Lipinski definition) is 1. The van der Waals surface area contributed by atoms with Gasteiger partial charge in [-0.05, 0) is 38.8 Å². The number of aryl methyl sites for hydroxylation is 2. The van der Waals surface area contributed by atoms with Crippen molar-refractivity contribution in [1.82, 2.24) is 10.3 Å². The van der Waals surface area contributed by atoms with Crippen molar-refractivity contribution in [3.05, 3.63) is 23.5 Å². The summed E-state index contributed by atoms with van der Waals surface area (Å²) < 4.78 is 0. The van der Waals surface area contributed by atoms with Crippen molar-refractivity contribution in [3.63, 3.8) is 0 Å². The largest absolute Gasteiger partial charge is 0.335 e. The van der Waals surface area contributed by atoms with Gasteiger partial charge in [0.05, 0.1) is 11.4 Å². The van der Waals surface area contributed by atoms with E-state index in [9.17, 15) is 14.4 Å². The number of carbonyl (C=O) groups is 3. The van der Waals surface area contributed by atoms with Crippen LogP contribution >= 0.6 is 0 Å². The summed E-state index contributed by atoms with van der Waals surface area (Å²) in [5.41, 5.74) is 0.607. The van der Waals surface area contributed by atoms with Gasteiger partial charge in [0.2, 0.25) is 5.91 Å². The van der Waals surface area contributed by atoms with E-state index in [1.807, 2.05) is 6.92 Å². The van der Waals surface area contributed by atoms with Gasteiger partial charge < -0.3 is 0 Å². The molecule has 0 saturated carbocycles. The summed E-state index contributed by atoms with van der Waals surface area (Å²) in [7, 11) is 0. The molecule has 0 aromatic carbocycles. The van der Waals surface area contributed by atoms with E-state index in [1.54, 1.807) is 32.9 Å². The van der Waals surface area contributed by atoms with Crippen molar-refractivity contribution < 1.29 is 14.4 Å². The Morgan fingerprint density at radius 2 is 1.76 bits per heavy atom. The second kappa shape index (κ2) is 5.27. The van der Waals surface area contributed by atoms with Gasteiger partial charge in [0.25, 0.3) is 5.91 Å². The van der Waals surface area contributed by atoms with E-state index in [4.69, 9.17) is 0 Å². The average Bonchev–Trinajstić information content (AvgIpc) is 2.42. The van der Waals surface area contributed by atoms with Crippen LogP contribution in [0, 0.1) is 19.3 Å². The highest BCUT2D eigenvalue weighted by atomic mass is 16.2. The van der Waals surface area contributed by atoms with Crippen LogP contribution in [0.4, 0.5) is 10.5 Å². The van der Waals surface area contributed by atoms with E-state index in [2.05, 4.69) is 10.3 Å². The van der Waals surface area contributed by atoms with Crippen LogP contribution in [0.5, 0.6) is 0 Å². The van der Waals surface area contributed by atoms with Crippen LogP contribution in [-0.2, 0) is 9.59 Å². The Morgan fingerprint density at radius 1 is 1.14 bits per heavy atom. The van der Waals surface area contributed by atoms with Crippen LogP contribution in [0.1, 0.15) is 38.1 Å². The van der Waals surface area contributed by atoms with Gasteiger partial charge >= 0.3 is 6.03 Å². The fraction of sp³-hybridized carbons (Fsp3) is 0.467. The van der Waals surface area contributed by atoms with Crippen LogP contribution in [-0.4, -0.2) is 22.8 Å². The molecule has 4 amide bonds. The monoisotopic (exact) mass is 289 g/mol. The first-order chi connectivity index (χ1) is 9.87. The molecule has 21 heavy (non-hydrogen) atoms. The fourth-order valence-electron chi connectivity index (χ4n) is 2.68. The number of aromatic nitrogens is 1. The minimum absolute atomic E-state index is 0.344. The van der Waals surface area contributed by atoms with Crippen LogP contribution < -0.4 is 10.2 Å². The second-order valence-electron chi connectivity index (χ2n) is 5.25. The first-order valence-corrected chi connectivity index (χ1v) is 7.01. The van der Waals surface area contributed by atoms with Crippen molar-refractivity contribution in [2.24, 2.45) is 5.41 Å². The summed E-state index contributed by atoms with van der Waals surface area (Å²) in [6, 6.07) is 2.70. The summed E-state index contributed by atoms with van der Waals surface area (Å²) >= 11 is 0. The molecule has 1 N–H and O–H groups in total. The minimum atomic E-state index is -1.19. The van der Waals surface area contributed by atoms with Gasteiger partial charge in [0.1, 0.15) is 5.41 Å². The van der Waals surface area contributed by atoms with Gasteiger partial charge in [0.15, 0.2) is 0 Å². The molecule has 1 aromatic heterocycles. The molecule has 6 nitrogen and oxygen atoms in total. The summed E-state index contributed by atoms with van der Waals surface area (Å²) in [6.45, 7) is 7.12. The summed E-state index contributed by atoms with van der Waals surface area (Å²) in [4.78, 5) is 42.3. The van der Waals surface area contributed by atoms with Crippen LogP contribution in [0.15, 0.2) is 12.1 Å². The predicted molar refractivity (Wildman–Crippen MR) is 77.8 cm³/mol. The van der Waals surface area contributed by atoms with Gasteiger partial charge in [-0.15, -0.1) is 0 Å². The van der Waals surface area contributed by atoms with Gasteiger partial charge in [-0.1, -0.05) is 13.8 Å². The first kappa shape index (κ1) is 15.2. The predicted octanol–water partition coefficient (Wildman–Crippen LogP) is 2.09. The van der Waals surface area contributed by atoms with Gasteiger partial charge in [-0.2, -0.15) is 0 Å². The first-order valence-electron chi connectivity index (χ1n) is 7.01. The molecule has 0 atom stereocenters. The Balaban J connectivity index is 2.54. The molecule has 0 spiro atoms. The maximum atomic E-state index is 12.8. The molecule has 1 aliphatic heterocycles. The Labute approximate surface area is 123 Å². The Kier molecular flexibility index (Phi) is 3.80. The van der Waals surface area contributed by atoms with E-state index in [0.717, 1.165) is 10.6 Å². The number of nitrogens with zero attached hydrogens (tertiary/aromatic N) is 2. The number of amides is 4. The standard InChI is InChI=1S/C15H19N3O3/c1-5-15(6-2)12(19)17-14(21)18(13(15)20)11-8-7-9(3)16-10(11)4/h7-8H,5-6H2,1-4H3,(H,17,19,21). The lowest BCUT2D eigenvalue weighted by Crippen LogP contribution is -2.64. The van der Waals surface area contributed by atoms with Crippen LogP contribution in [0.25, 0.3) is 0 Å². The lowest BCUT2D eigenvalue weighted by Gasteiger charge is -2.38. The zero-order valence-corrected chi connectivity index (χ0v) is 12.7. The smallest absolute Gasteiger partial charge is 0.276 e. The molecule has 0 radical (unpaired) electrons. The lowest BCUT2D eigenvalue weighted by atomic mass is 9.78. The summed E-state index contributed by atoms with van der Waals surface area (Å²) in [5.74, 6) is -0.994. The van der Waals surface area contributed by atoms with Gasteiger partial charge in [-0.3, -0.25) is 19.9 Å². The highest BCUT2D eigenvalue weighted by Crippen LogP contribution is 2.35. The van der Waals surface area contributed by atoms with Crippen molar-refractivity contribution in [2.75, 3.05) is 4.90 Å². The fourth-order valence-corrected chi connectivity index (χ4v) is 2.68. The molecule has 1 saturated heterocycles. The van der Waals surface area contributed by atoms with Crippen molar-refractivity contribution in [1.29, 1.82) is 0 Å². The number of anilines is 1. The zero-order chi connectivity index (χ0) is 15.8. The van der Waals surface area contributed by atoms with Crippen molar-refractivity contribution in [2.45, 2.75) is 40.5 Å². The number of carbonyl (C=O) groups excluding carboxylic acids is 3. The number of nitrogens with one attached hydrogen (secondary N) is 1. The number of urea groups is 1. The Bertz CT molecular complexity index is 621. The van der Waals surface area contributed by atoms with E-state index < -0.39 is 23.3 Å². The Morgan fingerprint density at radius 3 is 2.29 bits per heavy atom. The number of hydrogen-bond acceptors (Lipinski definition) is 4. The molecule has 0 bridgehead atoms. The number of pyridine rings is 1. The molecule has 2 heterocycles. The minimum Gasteiger partial charge on any atom is -0.276 e. The quantitative estimate of drug-likeness (QED) is 0.864. The van der Waals surface area contributed by atoms with E-state index >= 15 is 0 Å². The molecule has 6 heteroatoms. The zero-order valence-electron chi connectivity index (χ0n) is 12.7. The normalized spacial score (nSPS) is 17.9. The van der Waals surface area contributed by atoms with Crippen molar-refractivity contribution in [3.8, 4) is 0 Å². The highest BCUT2D eigenvalue weighted by Gasteiger charge is 2.52. The van der Waals surface area contributed by atoms with E-state index in [-0.39, 0.29) is 0 Å². The summed E-state index contributed by atoms with van der Waals surface area (Å²) in [6.07, 6.45) is 0.687. The van der Waals surface area contributed by atoms with Crippen LogP contribution in [0.3, 0.4) is 0 Å². The molecule has 112 valence electrons. The highest BCUT2D eigenvalue weighted by molar-refractivity contribution is 6.30. The molecular weight excluding hydrogens is 270 g/mol. The third-order valence-corrected chi connectivity index (χ3v) is 4.12. The number of imide groups is 2.